The number of benzene rings is 3. The van der Waals surface area contributed by atoms with Gasteiger partial charge < -0.3 is 19.2 Å². The van der Waals surface area contributed by atoms with Crippen LogP contribution in [0.4, 0.5) is 0 Å². The summed E-state index contributed by atoms with van der Waals surface area (Å²) in [7, 11) is 1.54. The highest BCUT2D eigenvalue weighted by atomic mass is 32.2. The fraction of sp³-hybridized carbons (Fsp3) is 0.323. The van der Waals surface area contributed by atoms with Gasteiger partial charge >= 0.3 is 0 Å². The highest BCUT2D eigenvalue weighted by Gasteiger charge is 2.23. The number of carbonyl (C=O) groups excluding carboxylic acids is 1. The first-order chi connectivity index (χ1) is 18.1. The molecule has 1 amide bonds. The van der Waals surface area contributed by atoms with Crippen LogP contribution >= 0.6 is 11.8 Å². The number of thioether (sulfide) groups is 1. The number of aromatic hydroxyl groups is 1. The summed E-state index contributed by atoms with van der Waals surface area (Å²) < 4.78 is 11.5. The average molecular weight is 516 g/mol. The third-order valence-electron chi connectivity index (χ3n) is 7.31. The van der Waals surface area contributed by atoms with Crippen LogP contribution in [-0.4, -0.2) is 42.4 Å². The molecular formula is C31H33NO4S. The molecule has 0 radical (unpaired) electrons. The lowest BCUT2D eigenvalue weighted by molar-refractivity contribution is -0.132. The maximum Gasteiger partial charge on any atom is 0.222 e. The van der Waals surface area contributed by atoms with Gasteiger partial charge in [-0.15, -0.1) is 11.8 Å². The minimum absolute atomic E-state index is 0.0976. The molecule has 3 aromatic carbocycles. The molecule has 1 aromatic heterocycles. The van der Waals surface area contributed by atoms with Crippen LogP contribution in [0.3, 0.4) is 0 Å². The van der Waals surface area contributed by atoms with Crippen molar-refractivity contribution in [1.29, 1.82) is 0 Å². The minimum atomic E-state index is 0.0976. The average Bonchev–Trinajstić information content (AvgIpc) is 3.31. The van der Waals surface area contributed by atoms with Crippen LogP contribution in [0, 0.1) is 5.92 Å². The molecule has 37 heavy (non-hydrogen) atoms. The number of hydrogen-bond acceptors (Lipinski definition) is 5. The standard InChI is InChI=1S/C31H33NO4S/c1-35-28-20-24(10-11-26(28)33)30-31(37-2)25-19-22(8-12-27(25)36-30)9-13-29(34)32-16-14-23(15-17-32)18-21-6-4-3-5-7-21/h3-8,10-12,19-20,23,33H,9,13-18H2,1-2H3. The highest BCUT2D eigenvalue weighted by molar-refractivity contribution is 7.99. The molecular weight excluding hydrogens is 482 g/mol. The Kier molecular flexibility index (Phi) is 7.75. The molecule has 1 aliphatic rings. The molecule has 1 aliphatic heterocycles. The number of hydrogen-bond donors (Lipinski definition) is 1. The van der Waals surface area contributed by atoms with Crippen LogP contribution in [0.5, 0.6) is 11.5 Å². The van der Waals surface area contributed by atoms with Gasteiger partial charge in [0.15, 0.2) is 11.5 Å². The van der Waals surface area contributed by atoms with E-state index < -0.39 is 0 Å². The number of amides is 1. The molecule has 5 rings (SSSR count). The summed E-state index contributed by atoms with van der Waals surface area (Å²) in [5, 5.41) is 11.0. The molecule has 6 heteroatoms. The molecule has 0 saturated carbocycles. The van der Waals surface area contributed by atoms with Gasteiger partial charge in [-0.3, -0.25) is 4.79 Å². The van der Waals surface area contributed by atoms with Crippen molar-refractivity contribution in [3.63, 3.8) is 0 Å². The predicted octanol–water partition coefficient (Wildman–Crippen LogP) is 6.95. The number of nitrogens with zero attached hydrogens (tertiary/aromatic N) is 1. The summed E-state index contributed by atoms with van der Waals surface area (Å²) >= 11 is 1.63. The van der Waals surface area contributed by atoms with Crippen molar-refractivity contribution in [1.82, 2.24) is 4.90 Å². The normalized spacial score (nSPS) is 14.3. The van der Waals surface area contributed by atoms with Crippen molar-refractivity contribution in [2.75, 3.05) is 26.5 Å². The molecule has 1 N–H and O–H groups in total. The van der Waals surface area contributed by atoms with Crippen LogP contribution in [0.2, 0.25) is 0 Å². The van der Waals surface area contributed by atoms with E-state index in [9.17, 15) is 9.90 Å². The van der Waals surface area contributed by atoms with Gasteiger partial charge in [0, 0.05) is 30.5 Å². The Morgan fingerprint density at radius 3 is 2.57 bits per heavy atom. The third-order valence-corrected chi connectivity index (χ3v) is 8.13. The number of rotatable bonds is 8. The number of fused-ring (bicyclic) bond motifs is 1. The Hall–Kier alpha value is -3.38. The van der Waals surface area contributed by atoms with Crippen LogP contribution in [-0.2, 0) is 17.6 Å². The van der Waals surface area contributed by atoms with E-state index in [-0.39, 0.29) is 11.7 Å². The smallest absolute Gasteiger partial charge is 0.222 e. The molecule has 0 bridgehead atoms. The Morgan fingerprint density at radius 1 is 1.05 bits per heavy atom. The van der Waals surface area contributed by atoms with Crippen LogP contribution in [0.1, 0.15) is 30.4 Å². The zero-order chi connectivity index (χ0) is 25.8. The Balaban J connectivity index is 1.23. The fourth-order valence-electron chi connectivity index (χ4n) is 5.23. The Morgan fingerprint density at radius 2 is 1.84 bits per heavy atom. The van der Waals surface area contributed by atoms with Crippen molar-refractivity contribution in [3.8, 4) is 22.8 Å². The largest absolute Gasteiger partial charge is 0.504 e. The van der Waals surface area contributed by atoms with E-state index in [0.29, 0.717) is 24.5 Å². The van der Waals surface area contributed by atoms with Crippen molar-refractivity contribution >= 4 is 28.6 Å². The summed E-state index contributed by atoms with van der Waals surface area (Å²) in [6.45, 7) is 1.71. The van der Waals surface area contributed by atoms with Gasteiger partial charge in [-0.05, 0) is 79.3 Å². The maximum absolute atomic E-state index is 13.0. The lowest BCUT2D eigenvalue weighted by Crippen LogP contribution is -2.39. The van der Waals surface area contributed by atoms with Crippen molar-refractivity contribution in [3.05, 3.63) is 77.9 Å². The maximum atomic E-state index is 13.0. The van der Waals surface area contributed by atoms with Crippen LogP contribution in [0.15, 0.2) is 76.0 Å². The summed E-state index contributed by atoms with van der Waals surface area (Å²) in [6.07, 6.45) is 6.50. The van der Waals surface area contributed by atoms with Gasteiger partial charge in [-0.1, -0.05) is 36.4 Å². The van der Waals surface area contributed by atoms with E-state index in [0.717, 1.165) is 65.1 Å². The predicted molar refractivity (Wildman–Crippen MR) is 149 cm³/mol. The van der Waals surface area contributed by atoms with E-state index in [1.807, 2.05) is 23.3 Å². The van der Waals surface area contributed by atoms with E-state index in [2.05, 4.69) is 42.5 Å². The van der Waals surface area contributed by atoms with Gasteiger partial charge in [-0.2, -0.15) is 0 Å². The summed E-state index contributed by atoms with van der Waals surface area (Å²) in [5.41, 5.74) is 4.18. The molecule has 0 aliphatic carbocycles. The van der Waals surface area contributed by atoms with E-state index in [4.69, 9.17) is 9.15 Å². The minimum Gasteiger partial charge on any atom is -0.504 e. The van der Waals surface area contributed by atoms with Gasteiger partial charge in [0.1, 0.15) is 11.3 Å². The quantitative estimate of drug-likeness (QED) is 0.257. The van der Waals surface area contributed by atoms with Gasteiger partial charge in [0.05, 0.1) is 12.0 Å². The molecule has 2 heterocycles. The third kappa shape index (κ3) is 5.64. The van der Waals surface area contributed by atoms with E-state index in [1.165, 1.54) is 12.7 Å². The number of phenols is 1. The number of phenolic OH excluding ortho intramolecular Hbond substituents is 1. The van der Waals surface area contributed by atoms with E-state index >= 15 is 0 Å². The fourth-order valence-corrected chi connectivity index (χ4v) is 5.96. The van der Waals surface area contributed by atoms with Crippen LogP contribution in [0.25, 0.3) is 22.3 Å². The van der Waals surface area contributed by atoms with Gasteiger partial charge in [0.25, 0.3) is 0 Å². The molecule has 5 nitrogen and oxygen atoms in total. The van der Waals surface area contributed by atoms with Crippen molar-refractivity contribution < 1.29 is 19.1 Å². The number of aryl methyl sites for hydroxylation is 1. The summed E-state index contributed by atoms with van der Waals surface area (Å²) in [6, 6.07) is 22.1. The monoisotopic (exact) mass is 515 g/mol. The molecule has 1 fully saturated rings. The first-order valence-corrected chi connectivity index (χ1v) is 14.1. The number of likely N-dealkylation sites (tertiary alicyclic amines) is 1. The number of methoxy groups -OCH3 is 1. The zero-order valence-electron chi connectivity index (χ0n) is 21.4. The molecule has 1 saturated heterocycles. The first-order valence-electron chi connectivity index (χ1n) is 12.8. The molecule has 192 valence electrons. The second-order valence-corrected chi connectivity index (χ2v) is 10.5. The SMILES string of the molecule is COc1cc(-c2oc3ccc(CCC(=O)N4CCC(Cc5ccccc5)CC4)cc3c2SC)ccc1O. The number of furan rings is 1. The van der Waals surface area contributed by atoms with Crippen molar-refractivity contribution in [2.45, 2.75) is 37.0 Å². The number of piperidine rings is 1. The zero-order valence-corrected chi connectivity index (χ0v) is 22.2. The lowest BCUT2D eigenvalue weighted by atomic mass is 9.90. The summed E-state index contributed by atoms with van der Waals surface area (Å²) in [4.78, 5) is 16.1. The molecule has 0 spiro atoms. The Bertz CT molecular complexity index is 1370. The number of ether oxygens (including phenoxy) is 1. The summed E-state index contributed by atoms with van der Waals surface area (Å²) in [5.74, 6) is 2.16. The second kappa shape index (κ2) is 11.3. The van der Waals surface area contributed by atoms with Crippen LogP contribution < -0.4 is 4.74 Å². The topological polar surface area (TPSA) is 62.9 Å². The second-order valence-electron chi connectivity index (χ2n) is 9.70. The van der Waals surface area contributed by atoms with Gasteiger partial charge in [0.2, 0.25) is 5.91 Å². The van der Waals surface area contributed by atoms with Gasteiger partial charge in [-0.25, -0.2) is 0 Å². The molecule has 0 unspecified atom stereocenters. The molecule has 4 aromatic rings. The van der Waals surface area contributed by atoms with Crippen molar-refractivity contribution in [2.24, 2.45) is 5.92 Å². The number of carbonyl (C=O) groups is 1. The lowest BCUT2D eigenvalue weighted by Gasteiger charge is -2.32. The first kappa shape index (κ1) is 25.3. The highest BCUT2D eigenvalue weighted by Crippen LogP contribution is 2.42. The Labute approximate surface area is 222 Å². The molecule has 0 atom stereocenters. The van der Waals surface area contributed by atoms with E-state index in [1.54, 1.807) is 23.9 Å².